The van der Waals surface area contributed by atoms with Gasteiger partial charge in [-0.05, 0) is 43.5 Å². The number of ether oxygens (including phenoxy) is 2. The number of benzene rings is 2. The van der Waals surface area contributed by atoms with Crippen molar-refractivity contribution in [1.82, 2.24) is 4.31 Å². The topological polar surface area (TPSA) is 55.8 Å². The van der Waals surface area contributed by atoms with E-state index in [4.69, 9.17) is 9.47 Å². The predicted octanol–water partition coefficient (Wildman–Crippen LogP) is 3.23. The van der Waals surface area contributed by atoms with Gasteiger partial charge >= 0.3 is 0 Å². The van der Waals surface area contributed by atoms with Crippen LogP contribution in [0.25, 0.3) is 0 Å². The van der Waals surface area contributed by atoms with Gasteiger partial charge in [0.15, 0.2) is 11.5 Å². The van der Waals surface area contributed by atoms with Crippen molar-refractivity contribution in [3.63, 3.8) is 0 Å². The Morgan fingerprint density at radius 1 is 0.960 bits per heavy atom. The minimum atomic E-state index is -3.58. The molecule has 0 spiro atoms. The van der Waals surface area contributed by atoms with Crippen LogP contribution in [-0.2, 0) is 23.0 Å². The minimum Gasteiger partial charge on any atom is -0.490 e. The Bertz CT molecular complexity index is 848. The smallest absolute Gasteiger partial charge is 0.243 e. The quantitative estimate of drug-likeness (QED) is 0.793. The third-order valence-corrected chi connectivity index (χ3v) is 6.09. The van der Waals surface area contributed by atoms with E-state index in [-0.39, 0.29) is 4.90 Å². The van der Waals surface area contributed by atoms with Gasteiger partial charge in [0.25, 0.3) is 0 Å². The monoisotopic (exact) mass is 361 g/mol. The van der Waals surface area contributed by atoms with Gasteiger partial charge in [0, 0.05) is 19.2 Å². The number of rotatable bonds is 6. The molecule has 1 heterocycles. The Hall–Kier alpha value is -2.05. The first-order chi connectivity index (χ1) is 12.1. The second-order valence-corrected chi connectivity index (χ2v) is 7.77. The Morgan fingerprint density at radius 3 is 2.36 bits per heavy atom. The zero-order chi connectivity index (χ0) is 17.9. The molecule has 2 aromatic carbocycles. The molecule has 0 unspecified atom stereocenters. The van der Waals surface area contributed by atoms with Crippen molar-refractivity contribution in [2.75, 3.05) is 19.8 Å². The SMILES string of the molecule is CCOc1ccc(S(=O)(=O)N2CCc3ccccc3C2)cc1OCC. The van der Waals surface area contributed by atoms with E-state index in [1.807, 2.05) is 32.0 Å². The van der Waals surface area contributed by atoms with Gasteiger partial charge in [-0.25, -0.2) is 8.42 Å². The summed E-state index contributed by atoms with van der Waals surface area (Å²) >= 11 is 0. The van der Waals surface area contributed by atoms with E-state index in [0.717, 1.165) is 12.0 Å². The molecular formula is C19H23NO4S. The molecule has 0 N–H and O–H groups in total. The van der Waals surface area contributed by atoms with Crippen LogP contribution in [0.2, 0.25) is 0 Å². The van der Waals surface area contributed by atoms with E-state index in [1.165, 1.54) is 9.87 Å². The molecule has 3 rings (SSSR count). The van der Waals surface area contributed by atoms with Gasteiger partial charge in [-0.3, -0.25) is 0 Å². The molecule has 0 bridgehead atoms. The van der Waals surface area contributed by atoms with Gasteiger partial charge in [0.1, 0.15) is 0 Å². The maximum atomic E-state index is 13.1. The van der Waals surface area contributed by atoms with Crippen molar-refractivity contribution >= 4 is 10.0 Å². The molecule has 0 aliphatic carbocycles. The molecule has 0 fully saturated rings. The number of hydrogen-bond donors (Lipinski definition) is 0. The lowest BCUT2D eigenvalue weighted by molar-refractivity contribution is 0.287. The summed E-state index contributed by atoms with van der Waals surface area (Å²) in [6.45, 7) is 5.56. The largest absolute Gasteiger partial charge is 0.490 e. The van der Waals surface area contributed by atoms with E-state index >= 15 is 0 Å². The number of hydrogen-bond acceptors (Lipinski definition) is 4. The Balaban J connectivity index is 1.91. The van der Waals surface area contributed by atoms with Gasteiger partial charge in [0.2, 0.25) is 10.0 Å². The Labute approximate surface area is 149 Å². The first-order valence-electron chi connectivity index (χ1n) is 8.52. The molecular weight excluding hydrogens is 338 g/mol. The lowest BCUT2D eigenvalue weighted by Crippen LogP contribution is -2.35. The van der Waals surface area contributed by atoms with Gasteiger partial charge < -0.3 is 9.47 Å². The lowest BCUT2D eigenvalue weighted by atomic mass is 10.0. The predicted molar refractivity (Wildman–Crippen MR) is 96.5 cm³/mol. The van der Waals surface area contributed by atoms with Crippen LogP contribution in [0.3, 0.4) is 0 Å². The van der Waals surface area contributed by atoms with Crippen LogP contribution in [0.5, 0.6) is 11.5 Å². The van der Waals surface area contributed by atoms with Crippen LogP contribution in [0.4, 0.5) is 0 Å². The minimum absolute atomic E-state index is 0.235. The zero-order valence-electron chi connectivity index (χ0n) is 14.6. The average molecular weight is 361 g/mol. The molecule has 0 aromatic heterocycles. The molecule has 0 radical (unpaired) electrons. The second kappa shape index (κ2) is 7.45. The summed E-state index contributed by atoms with van der Waals surface area (Å²) in [7, 11) is -3.58. The van der Waals surface area contributed by atoms with E-state index in [9.17, 15) is 8.42 Å². The van der Waals surface area contributed by atoms with E-state index in [1.54, 1.807) is 18.2 Å². The first-order valence-corrected chi connectivity index (χ1v) is 9.96. The third-order valence-electron chi connectivity index (χ3n) is 4.25. The Kier molecular flexibility index (Phi) is 5.30. The molecule has 0 saturated carbocycles. The highest BCUT2D eigenvalue weighted by Crippen LogP contribution is 2.32. The number of nitrogens with zero attached hydrogens (tertiary/aromatic N) is 1. The molecule has 0 amide bonds. The summed E-state index contributed by atoms with van der Waals surface area (Å²) < 4.78 is 38.7. The van der Waals surface area contributed by atoms with Gasteiger partial charge in [0.05, 0.1) is 18.1 Å². The summed E-state index contributed by atoms with van der Waals surface area (Å²) in [5.74, 6) is 1.02. The summed E-state index contributed by atoms with van der Waals surface area (Å²) in [4.78, 5) is 0.235. The van der Waals surface area contributed by atoms with Crippen molar-refractivity contribution in [2.24, 2.45) is 0 Å². The van der Waals surface area contributed by atoms with Crippen LogP contribution in [0.15, 0.2) is 47.4 Å². The highest BCUT2D eigenvalue weighted by molar-refractivity contribution is 7.89. The van der Waals surface area contributed by atoms with Crippen LogP contribution in [-0.4, -0.2) is 32.5 Å². The highest BCUT2D eigenvalue weighted by Gasteiger charge is 2.29. The molecule has 6 heteroatoms. The molecule has 134 valence electrons. The maximum absolute atomic E-state index is 13.1. The Morgan fingerprint density at radius 2 is 1.64 bits per heavy atom. The summed E-state index contributed by atoms with van der Waals surface area (Å²) in [5.41, 5.74) is 2.28. The van der Waals surface area contributed by atoms with Crippen molar-refractivity contribution in [2.45, 2.75) is 31.7 Å². The maximum Gasteiger partial charge on any atom is 0.243 e. The molecule has 0 atom stereocenters. The molecule has 1 aliphatic heterocycles. The fourth-order valence-electron chi connectivity index (χ4n) is 3.02. The van der Waals surface area contributed by atoms with Gasteiger partial charge in [-0.15, -0.1) is 0 Å². The van der Waals surface area contributed by atoms with Crippen molar-refractivity contribution in [1.29, 1.82) is 0 Å². The van der Waals surface area contributed by atoms with Gasteiger partial charge in [-0.2, -0.15) is 4.31 Å². The normalized spacial score (nSPS) is 14.8. The van der Waals surface area contributed by atoms with E-state index in [0.29, 0.717) is 37.8 Å². The zero-order valence-corrected chi connectivity index (χ0v) is 15.4. The van der Waals surface area contributed by atoms with Crippen LogP contribution >= 0.6 is 0 Å². The molecule has 25 heavy (non-hydrogen) atoms. The molecule has 0 saturated heterocycles. The first kappa shape index (κ1) is 17.8. The van der Waals surface area contributed by atoms with Crippen molar-refractivity contribution < 1.29 is 17.9 Å². The molecule has 5 nitrogen and oxygen atoms in total. The summed E-state index contributed by atoms with van der Waals surface area (Å²) in [6.07, 6.45) is 0.727. The van der Waals surface area contributed by atoms with Crippen LogP contribution in [0.1, 0.15) is 25.0 Å². The van der Waals surface area contributed by atoms with Crippen molar-refractivity contribution in [3.05, 3.63) is 53.6 Å². The van der Waals surface area contributed by atoms with Crippen LogP contribution < -0.4 is 9.47 Å². The van der Waals surface area contributed by atoms with Crippen molar-refractivity contribution in [3.8, 4) is 11.5 Å². The fourth-order valence-corrected chi connectivity index (χ4v) is 4.45. The number of sulfonamides is 1. The number of fused-ring (bicyclic) bond motifs is 1. The lowest BCUT2D eigenvalue weighted by Gasteiger charge is -2.28. The molecule has 2 aromatic rings. The van der Waals surface area contributed by atoms with E-state index < -0.39 is 10.0 Å². The average Bonchev–Trinajstić information content (AvgIpc) is 2.63. The second-order valence-electron chi connectivity index (χ2n) is 5.83. The highest BCUT2D eigenvalue weighted by atomic mass is 32.2. The molecule has 1 aliphatic rings. The fraction of sp³-hybridized carbons (Fsp3) is 0.368. The third kappa shape index (κ3) is 3.65. The summed E-state index contributed by atoms with van der Waals surface area (Å²) in [5, 5.41) is 0. The summed E-state index contributed by atoms with van der Waals surface area (Å²) in [6, 6.07) is 12.8. The van der Waals surface area contributed by atoms with Gasteiger partial charge in [-0.1, -0.05) is 24.3 Å². The standard InChI is InChI=1S/C19H23NO4S/c1-3-23-18-10-9-17(13-19(18)24-4-2)25(21,22)20-12-11-15-7-5-6-8-16(15)14-20/h5-10,13H,3-4,11-12,14H2,1-2H3. The van der Waals surface area contributed by atoms with Crippen LogP contribution in [0, 0.1) is 0 Å². The van der Waals surface area contributed by atoms with E-state index in [2.05, 4.69) is 6.07 Å².